The molecule has 198 valence electrons. The van der Waals surface area contributed by atoms with E-state index in [0.29, 0.717) is 17.7 Å². The van der Waals surface area contributed by atoms with Gasteiger partial charge in [-0.25, -0.2) is 0 Å². The van der Waals surface area contributed by atoms with Crippen LogP contribution in [0.1, 0.15) is 47.8 Å². The van der Waals surface area contributed by atoms with Crippen molar-refractivity contribution < 1.29 is 14.3 Å². The van der Waals surface area contributed by atoms with Gasteiger partial charge in [-0.1, -0.05) is 24.3 Å². The first kappa shape index (κ1) is 28.1. The van der Waals surface area contributed by atoms with Crippen molar-refractivity contribution in [3.05, 3.63) is 106 Å². The van der Waals surface area contributed by atoms with Crippen molar-refractivity contribution in [2.24, 2.45) is 0 Å². The number of rotatable bonds is 6. The zero-order chi connectivity index (χ0) is 27.7. The lowest BCUT2D eigenvalue weighted by Gasteiger charge is -2.20. The third-order valence-corrected chi connectivity index (χ3v) is 5.48. The number of benzene rings is 2. The zero-order valence-corrected chi connectivity index (χ0v) is 22.4. The van der Waals surface area contributed by atoms with Gasteiger partial charge < -0.3 is 20.4 Å². The topological polar surface area (TPSA) is 113 Å². The highest BCUT2D eigenvalue weighted by Gasteiger charge is 2.15. The molecular weight excluding hydrogens is 480 g/mol. The van der Waals surface area contributed by atoms with Crippen LogP contribution in [-0.2, 0) is 17.8 Å². The first-order valence-corrected chi connectivity index (χ1v) is 12.3. The van der Waals surface area contributed by atoms with Gasteiger partial charge in [0.05, 0.1) is 19.1 Å². The van der Waals surface area contributed by atoms with Crippen LogP contribution in [0.3, 0.4) is 0 Å². The largest absolute Gasteiger partial charge is 0.497 e. The minimum absolute atomic E-state index is 0.0937. The number of pyridine rings is 2. The Morgan fingerprint density at radius 3 is 2.39 bits per heavy atom. The van der Waals surface area contributed by atoms with Crippen LogP contribution in [0.4, 0.5) is 0 Å². The number of amides is 2. The summed E-state index contributed by atoms with van der Waals surface area (Å²) in [6, 6.07) is 18.7. The molecule has 0 aliphatic heterocycles. The molecule has 0 atom stereocenters. The van der Waals surface area contributed by atoms with Crippen LogP contribution < -0.4 is 20.9 Å². The maximum Gasteiger partial charge on any atom is 0.253 e. The van der Waals surface area contributed by atoms with Gasteiger partial charge in [-0.05, 0) is 80.6 Å². The molecular formula is C30H34N4O4. The smallest absolute Gasteiger partial charge is 0.253 e. The normalized spacial score (nSPS) is 10.8. The van der Waals surface area contributed by atoms with Crippen molar-refractivity contribution >= 4 is 22.7 Å². The second-order valence-corrected chi connectivity index (χ2v) is 9.96. The number of nitrogens with one attached hydrogen (secondary N) is 3. The predicted octanol–water partition coefficient (Wildman–Crippen LogP) is 4.31. The maximum absolute atomic E-state index is 12.0. The molecule has 38 heavy (non-hydrogen) atoms. The van der Waals surface area contributed by atoms with Crippen molar-refractivity contribution in [3.63, 3.8) is 0 Å². The van der Waals surface area contributed by atoms with Gasteiger partial charge in [-0.2, -0.15) is 0 Å². The third-order valence-electron chi connectivity index (χ3n) is 5.48. The van der Waals surface area contributed by atoms with Gasteiger partial charge in [0.1, 0.15) is 5.75 Å². The number of H-pyrrole nitrogens is 1. The molecule has 0 saturated heterocycles. The van der Waals surface area contributed by atoms with Crippen LogP contribution in [0.15, 0.2) is 77.9 Å². The number of carbonyl (C=O) groups excluding carboxylic acids is 2. The molecule has 2 heterocycles. The number of carbonyl (C=O) groups is 2. The van der Waals surface area contributed by atoms with E-state index < -0.39 is 0 Å². The molecule has 0 aliphatic rings. The average molecular weight is 515 g/mol. The molecule has 2 amide bonds. The quantitative estimate of drug-likeness (QED) is 0.355. The van der Waals surface area contributed by atoms with E-state index >= 15 is 0 Å². The molecule has 8 heteroatoms. The lowest BCUT2D eigenvalue weighted by Crippen LogP contribution is -2.42. The number of hydrogen-bond acceptors (Lipinski definition) is 5. The van der Waals surface area contributed by atoms with Crippen LogP contribution in [0.5, 0.6) is 5.75 Å². The molecule has 0 aliphatic carbocycles. The summed E-state index contributed by atoms with van der Waals surface area (Å²) in [5, 5.41) is 6.63. The minimum Gasteiger partial charge on any atom is -0.497 e. The number of aryl methyl sites for hydroxylation is 1. The molecule has 0 unspecified atom stereocenters. The third kappa shape index (κ3) is 8.58. The Bertz CT molecular complexity index is 1440. The first-order valence-electron chi connectivity index (χ1n) is 12.3. The van der Waals surface area contributed by atoms with Crippen LogP contribution in [-0.4, -0.2) is 34.4 Å². The highest BCUT2D eigenvalue weighted by Crippen LogP contribution is 2.14. The van der Waals surface area contributed by atoms with Crippen molar-refractivity contribution in [3.8, 4) is 5.75 Å². The fourth-order valence-corrected chi connectivity index (χ4v) is 3.65. The minimum atomic E-state index is -0.294. The van der Waals surface area contributed by atoms with E-state index in [4.69, 9.17) is 4.74 Å². The molecule has 0 spiro atoms. The fraction of sp³-hybridized carbons (Fsp3) is 0.267. The van der Waals surface area contributed by atoms with Crippen LogP contribution in [0, 0.1) is 6.92 Å². The molecule has 4 rings (SSSR count). The Labute approximate surface area is 222 Å². The van der Waals surface area contributed by atoms with Gasteiger partial charge in [0.2, 0.25) is 5.91 Å². The number of aromatic amines is 1. The van der Waals surface area contributed by atoms with E-state index in [-0.39, 0.29) is 29.3 Å². The summed E-state index contributed by atoms with van der Waals surface area (Å²) >= 11 is 0. The van der Waals surface area contributed by atoms with Crippen LogP contribution in [0.2, 0.25) is 0 Å². The van der Waals surface area contributed by atoms with E-state index in [9.17, 15) is 14.4 Å². The van der Waals surface area contributed by atoms with Gasteiger partial charge >= 0.3 is 0 Å². The maximum atomic E-state index is 12.0. The van der Waals surface area contributed by atoms with Crippen molar-refractivity contribution in [1.29, 1.82) is 0 Å². The SMILES string of the molecule is COc1ccc(CNC(=O)c2cccnc2)cc1.Cc1ccc2cc(CC(=O)NC(C)(C)C)c(=O)[nH]c2c1. The number of methoxy groups -OCH3 is 1. The Morgan fingerprint density at radius 2 is 1.76 bits per heavy atom. The summed E-state index contributed by atoms with van der Waals surface area (Å²) < 4.78 is 5.07. The zero-order valence-electron chi connectivity index (χ0n) is 22.4. The van der Waals surface area contributed by atoms with Gasteiger partial charge in [-0.15, -0.1) is 0 Å². The summed E-state index contributed by atoms with van der Waals surface area (Å²) in [7, 11) is 1.62. The second-order valence-electron chi connectivity index (χ2n) is 9.96. The number of ether oxygens (including phenoxy) is 1. The average Bonchev–Trinajstić information content (AvgIpc) is 2.88. The first-order chi connectivity index (χ1) is 18.0. The van der Waals surface area contributed by atoms with E-state index in [1.807, 2.05) is 70.2 Å². The Morgan fingerprint density at radius 1 is 1.03 bits per heavy atom. The van der Waals surface area contributed by atoms with Crippen LogP contribution in [0.25, 0.3) is 10.9 Å². The van der Waals surface area contributed by atoms with E-state index in [0.717, 1.165) is 27.8 Å². The van der Waals surface area contributed by atoms with Crippen molar-refractivity contribution in [2.45, 2.75) is 46.2 Å². The lowest BCUT2D eigenvalue weighted by molar-refractivity contribution is -0.121. The number of nitrogens with zero attached hydrogens (tertiary/aromatic N) is 1. The summed E-state index contributed by atoms with van der Waals surface area (Å²) in [6.45, 7) is 8.20. The predicted molar refractivity (Wildman–Crippen MR) is 149 cm³/mol. The summed E-state index contributed by atoms with van der Waals surface area (Å²) in [5.41, 5.74) is 3.47. The molecule has 0 bridgehead atoms. The summed E-state index contributed by atoms with van der Waals surface area (Å²) in [6.07, 6.45) is 3.28. The molecule has 3 N–H and O–H groups in total. The van der Waals surface area contributed by atoms with E-state index in [2.05, 4.69) is 20.6 Å². The number of hydrogen-bond donors (Lipinski definition) is 3. The summed E-state index contributed by atoms with van der Waals surface area (Å²) in [5.74, 6) is 0.533. The van der Waals surface area contributed by atoms with Gasteiger partial charge in [0.15, 0.2) is 0 Å². The van der Waals surface area contributed by atoms with Crippen LogP contribution >= 0.6 is 0 Å². The molecule has 8 nitrogen and oxygen atoms in total. The fourth-order valence-electron chi connectivity index (χ4n) is 3.65. The monoisotopic (exact) mass is 514 g/mol. The molecule has 2 aromatic carbocycles. The Kier molecular flexibility index (Phi) is 9.38. The summed E-state index contributed by atoms with van der Waals surface area (Å²) in [4.78, 5) is 42.4. The number of aromatic nitrogens is 2. The molecule has 0 saturated carbocycles. The van der Waals surface area contributed by atoms with Crippen molar-refractivity contribution in [1.82, 2.24) is 20.6 Å². The van der Waals surface area contributed by atoms with Gasteiger partial charge in [0.25, 0.3) is 11.5 Å². The highest BCUT2D eigenvalue weighted by molar-refractivity contribution is 5.93. The standard InChI is InChI=1S/C16H20N2O2.C14H14N2O2/c1-10-5-6-11-8-12(15(20)17-13(11)7-10)9-14(19)18-16(2,3)4;1-18-13-6-4-11(5-7-13)9-16-14(17)12-3-2-8-15-10-12/h5-8H,9H2,1-4H3,(H,17,20)(H,18,19);2-8,10H,9H2,1H3,(H,16,17). The van der Waals surface area contributed by atoms with Gasteiger partial charge in [-0.3, -0.25) is 19.4 Å². The molecule has 2 aromatic heterocycles. The second kappa shape index (κ2) is 12.7. The highest BCUT2D eigenvalue weighted by atomic mass is 16.5. The molecule has 0 radical (unpaired) electrons. The Hall–Kier alpha value is -4.46. The number of fused-ring (bicyclic) bond motifs is 1. The Balaban J connectivity index is 0.000000212. The van der Waals surface area contributed by atoms with E-state index in [1.54, 1.807) is 37.7 Å². The molecule has 4 aromatic rings. The van der Waals surface area contributed by atoms with Crippen molar-refractivity contribution in [2.75, 3.05) is 7.11 Å². The van der Waals surface area contributed by atoms with E-state index in [1.165, 1.54) is 0 Å². The molecule has 0 fully saturated rings. The van der Waals surface area contributed by atoms with Gasteiger partial charge in [0, 0.05) is 35.6 Å². The lowest BCUT2D eigenvalue weighted by atomic mass is 10.1.